The van der Waals surface area contributed by atoms with E-state index in [1.807, 2.05) is 19.2 Å². The van der Waals surface area contributed by atoms with E-state index in [1.54, 1.807) is 10.9 Å². The number of aliphatic hydroxyl groups excluding tert-OH is 1. The Labute approximate surface area is 180 Å². The number of aromatic nitrogens is 2. The fraction of sp³-hybridized carbons (Fsp3) is 0.840. The van der Waals surface area contributed by atoms with Gasteiger partial charge in [0.1, 0.15) is 0 Å². The van der Waals surface area contributed by atoms with Gasteiger partial charge in [0, 0.05) is 24.9 Å². The maximum Gasteiger partial charge on any atom is 0.157 e. The second kappa shape index (κ2) is 7.16. The van der Waals surface area contributed by atoms with Crippen molar-refractivity contribution in [2.24, 2.45) is 40.4 Å². The predicted octanol–water partition coefficient (Wildman–Crippen LogP) is 3.83. The second-order valence-corrected chi connectivity index (χ2v) is 11.6. The molecule has 0 bridgehead atoms. The summed E-state index contributed by atoms with van der Waals surface area (Å²) in [6.07, 6.45) is 12.9. The molecule has 5 heteroatoms. The van der Waals surface area contributed by atoms with Crippen molar-refractivity contribution in [3.05, 3.63) is 18.5 Å². The van der Waals surface area contributed by atoms with Gasteiger partial charge in [0.25, 0.3) is 0 Å². The van der Waals surface area contributed by atoms with E-state index in [0.29, 0.717) is 36.0 Å². The van der Waals surface area contributed by atoms with Gasteiger partial charge >= 0.3 is 0 Å². The summed E-state index contributed by atoms with van der Waals surface area (Å²) >= 11 is 0. The fourth-order valence-electron chi connectivity index (χ4n) is 8.74. The van der Waals surface area contributed by atoms with Crippen molar-refractivity contribution < 1.29 is 15.0 Å². The van der Waals surface area contributed by atoms with E-state index in [0.717, 1.165) is 51.4 Å². The van der Waals surface area contributed by atoms with Crippen LogP contribution in [0.1, 0.15) is 71.6 Å². The number of fused-ring (bicyclic) bond motifs is 5. The van der Waals surface area contributed by atoms with Crippen LogP contribution in [0, 0.1) is 40.4 Å². The van der Waals surface area contributed by atoms with E-state index < -0.39 is 5.60 Å². The molecule has 1 aromatic rings. The lowest BCUT2D eigenvalue weighted by Crippen LogP contribution is -2.58. The van der Waals surface area contributed by atoms with Crippen LogP contribution in [0.3, 0.4) is 0 Å². The molecule has 1 aromatic heterocycles. The Kier molecular flexibility index (Phi) is 4.94. The Hall–Kier alpha value is -1.20. The molecule has 5 rings (SSSR count). The first-order chi connectivity index (χ1) is 14.3. The molecular formula is C25H38N2O3. The van der Waals surface area contributed by atoms with Gasteiger partial charge < -0.3 is 10.2 Å². The Bertz CT molecular complexity index is 790. The Morgan fingerprint density at radius 2 is 1.93 bits per heavy atom. The largest absolute Gasteiger partial charge is 0.396 e. The van der Waals surface area contributed by atoms with Crippen molar-refractivity contribution >= 4 is 5.78 Å². The zero-order chi connectivity index (χ0) is 21.1. The molecule has 8 atom stereocenters. The number of carbonyl (C=O) groups is 1. The number of Topliss-reactive ketones (excluding diaryl/α,β-unsaturated/α-hetero) is 1. The maximum absolute atomic E-state index is 13.2. The summed E-state index contributed by atoms with van der Waals surface area (Å²) in [5.74, 6) is 2.70. The Balaban J connectivity index is 1.38. The van der Waals surface area contributed by atoms with Crippen LogP contribution < -0.4 is 0 Å². The van der Waals surface area contributed by atoms with Crippen molar-refractivity contribution in [3.8, 4) is 0 Å². The van der Waals surface area contributed by atoms with Gasteiger partial charge in [-0.25, -0.2) is 0 Å². The summed E-state index contributed by atoms with van der Waals surface area (Å²) in [7, 11) is 0. The standard InChI is InChI=1S/C25H38N2O3/c1-23(30)10-11-25(16-28)17(14-23)4-5-18-19-6-7-21(24(19,2)9-8-20(18)25)22(29)15-27-13-3-12-26-27/h3,12-13,17-21,28,30H,4-11,14-16H2,1-2H3/t17-,18-,19-,20-,21+,23+,24-,25+/m0/s1. The van der Waals surface area contributed by atoms with Crippen LogP contribution >= 0.6 is 0 Å². The molecule has 4 saturated carbocycles. The van der Waals surface area contributed by atoms with Crippen LogP contribution in [-0.2, 0) is 11.3 Å². The third-order valence-corrected chi connectivity index (χ3v) is 10.2. The number of hydrogen-bond acceptors (Lipinski definition) is 4. The van der Waals surface area contributed by atoms with Crippen LogP contribution in [0.4, 0.5) is 0 Å². The highest BCUT2D eigenvalue weighted by Crippen LogP contribution is 2.68. The van der Waals surface area contributed by atoms with Gasteiger partial charge in [-0.1, -0.05) is 6.92 Å². The lowest BCUT2D eigenvalue weighted by molar-refractivity contribution is -0.171. The normalized spacial score (nSPS) is 47.9. The first-order valence-electron chi connectivity index (χ1n) is 12.1. The van der Waals surface area contributed by atoms with Crippen molar-refractivity contribution in [1.82, 2.24) is 9.78 Å². The molecule has 166 valence electrons. The highest BCUT2D eigenvalue weighted by Gasteiger charge is 2.62. The molecule has 0 radical (unpaired) electrons. The highest BCUT2D eigenvalue weighted by molar-refractivity contribution is 5.82. The lowest BCUT2D eigenvalue weighted by Gasteiger charge is -2.62. The second-order valence-electron chi connectivity index (χ2n) is 11.6. The number of ketones is 1. The van der Waals surface area contributed by atoms with E-state index >= 15 is 0 Å². The summed E-state index contributed by atoms with van der Waals surface area (Å²) in [6.45, 7) is 5.02. The number of carbonyl (C=O) groups excluding carboxylic acids is 1. The molecule has 1 heterocycles. The molecule has 0 amide bonds. The van der Waals surface area contributed by atoms with Crippen molar-refractivity contribution in [2.45, 2.75) is 83.8 Å². The quantitative estimate of drug-likeness (QED) is 0.785. The Morgan fingerprint density at radius 3 is 2.67 bits per heavy atom. The molecule has 4 aliphatic rings. The SMILES string of the molecule is C[C@@]1(O)CC[C@@]2(CO)[C@@H](CC[C@H]3[C@@H]4CC[C@H](C(=O)Cn5cccn5)[C@@]4(C)CC[C@@H]32)C1. The van der Waals surface area contributed by atoms with E-state index in [2.05, 4.69) is 12.0 Å². The molecular weight excluding hydrogens is 376 g/mol. The van der Waals surface area contributed by atoms with Gasteiger partial charge in [-0.05, 0) is 105 Å². The van der Waals surface area contributed by atoms with E-state index in [1.165, 1.54) is 6.42 Å². The maximum atomic E-state index is 13.2. The van der Waals surface area contributed by atoms with Gasteiger partial charge in [0.05, 0.1) is 12.1 Å². The third-order valence-electron chi connectivity index (χ3n) is 10.2. The molecule has 0 aliphatic heterocycles. The minimum Gasteiger partial charge on any atom is -0.396 e. The molecule has 30 heavy (non-hydrogen) atoms. The van der Waals surface area contributed by atoms with E-state index in [9.17, 15) is 15.0 Å². The molecule has 0 unspecified atom stereocenters. The van der Waals surface area contributed by atoms with Crippen LogP contribution in [0.5, 0.6) is 0 Å². The van der Waals surface area contributed by atoms with Crippen LogP contribution in [0.2, 0.25) is 0 Å². The van der Waals surface area contributed by atoms with E-state index in [4.69, 9.17) is 0 Å². The van der Waals surface area contributed by atoms with Gasteiger partial charge in [-0.2, -0.15) is 5.10 Å². The first-order valence-corrected chi connectivity index (χ1v) is 12.1. The number of hydrogen-bond donors (Lipinski definition) is 2. The number of nitrogens with zero attached hydrogens (tertiary/aromatic N) is 2. The Morgan fingerprint density at radius 1 is 1.10 bits per heavy atom. The molecule has 0 aromatic carbocycles. The summed E-state index contributed by atoms with van der Waals surface area (Å²) < 4.78 is 1.77. The number of rotatable bonds is 4. The molecule has 0 saturated heterocycles. The molecule has 0 spiro atoms. The van der Waals surface area contributed by atoms with Crippen molar-refractivity contribution in [3.63, 3.8) is 0 Å². The summed E-state index contributed by atoms with van der Waals surface area (Å²) in [5.41, 5.74) is -0.491. The summed E-state index contributed by atoms with van der Waals surface area (Å²) in [5, 5.41) is 25.6. The van der Waals surface area contributed by atoms with Gasteiger partial charge in [0.2, 0.25) is 0 Å². The molecule has 2 N–H and O–H groups in total. The predicted molar refractivity (Wildman–Crippen MR) is 114 cm³/mol. The van der Waals surface area contributed by atoms with Gasteiger partial charge in [0.15, 0.2) is 5.78 Å². The summed E-state index contributed by atoms with van der Waals surface area (Å²) in [4.78, 5) is 13.2. The van der Waals surface area contributed by atoms with E-state index in [-0.39, 0.29) is 23.4 Å². The monoisotopic (exact) mass is 414 g/mol. The van der Waals surface area contributed by atoms with Crippen LogP contribution in [0.25, 0.3) is 0 Å². The van der Waals surface area contributed by atoms with Gasteiger partial charge in [-0.3, -0.25) is 9.48 Å². The van der Waals surface area contributed by atoms with Gasteiger partial charge in [-0.15, -0.1) is 0 Å². The van der Waals surface area contributed by atoms with Crippen LogP contribution in [0.15, 0.2) is 18.5 Å². The van der Waals surface area contributed by atoms with Crippen molar-refractivity contribution in [2.75, 3.05) is 6.61 Å². The van der Waals surface area contributed by atoms with Crippen molar-refractivity contribution in [1.29, 1.82) is 0 Å². The number of aliphatic hydroxyl groups is 2. The highest BCUT2D eigenvalue weighted by atomic mass is 16.3. The zero-order valence-corrected chi connectivity index (χ0v) is 18.6. The molecule has 4 fully saturated rings. The zero-order valence-electron chi connectivity index (χ0n) is 18.6. The minimum atomic E-state index is -0.573. The lowest BCUT2D eigenvalue weighted by atomic mass is 9.43. The fourth-order valence-corrected chi connectivity index (χ4v) is 8.74. The first kappa shape index (κ1) is 20.7. The molecule has 4 aliphatic carbocycles. The third kappa shape index (κ3) is 3.02. The van der Waals surface area contributed by atoms with Crippen LogP contribution in [-0.4, -0.2) is 38.0 Å². The topological polar surface area (TPSA) is 75.3 Å². The minimum absolute atomic E-state index is 0.0103. The molecule has 5 nitrogen and oxygen atoms in total. The summed E-state index contributed by atoms with van der Waals surface area (Å²) in [6, 6.07) is 1.88. The smallest absolute Gasteiger partial charge is 0.157 e. The average Bonchev–Trinajstić information content (AvgIpc) is 3.34. The average molecular weight is 415 g/mol.